The van der Waals surface area contributed by atoms with Crippen LogP contribution >= 0.6 is 0 Å². The molecule has 3 aliphatic carbocycles. The second-order valence-electron chi connectivity index (χ2n) is 18.1. The first-order chi connectivity index (χ1) is 23.4. The number of fused-ring (bicyclic) bond motifs is 2. The summed E-state index contributed by atoms with van der Waals surface area (Å²) in [5, 5.41) is 7.67. The molecule has 4 N–H and O–H groups in total. The number of allylic oxidation sites excluding steroid dienone is 2. The molecule has 1 aromatic carbocycles. The van der Waals surface area contributed by atoms with Crippen molar-refractivity contribution in [2.75, 3.05) is 6.54 Å². The van der Waals surface area contributed by atoms with E-state index in [2.05, 4.69) is 128 Å². The van der Waals surface area contributed by atoms with Gasteiger partial charge in [-0.3, -0.25) is 0 Å². The van der Waals surface area contributed by atoms with Gasteiger partial charge in [-0.25, -0.2) is 0 Å². The van der Waals surface area contributed by atoms with Crippen LogP contribution in [0.1, 0.15) is 111 Å². The minimum absolute atomic E-state index is 0.113. The van der Waals surface area contributed by atoms with Crippen molar-refractivity contribution in [1.29, 1.82) is 0 Å². The molecule has 0 spiro atoms. The van der Waals surface area contributed by atoms with Gasteiger partial charge in [0.15, 0.2) is 0 Å². The van der Waals surface area contributed by atoms with Gasteiger partial charge in [-0.05, 0) is 103 Å². The molecule has 0 amide bonds. The second-order valence-corrected chi connectivity index (χ2v) is 18.1. The van der Waals surface area contributed by atoms with Gasteiger partial charge in [0.2, 0.25) is 0 Å². The van der Waals surface area contributed by atoms with E-state index in [1.807, 2.05) is 0 Å². The van der Waals surface area contributed by atoms with Gasteiger partial charge in [-0.2, -0.15) is 0 Å². The first kappa shape index (κ1) is 39.6. The predicted molar refractivity (Wildman–Crippen MR) is 217 cm³/mol. The Morgan fingerprint density at radius 2 is 1.60 bits per heavy atom. The number of rotatable bonds is 16. The van der Waals surface area contributed by atoms with Gasteiger partial charge in [-0.1, -0.05) is 136 Å². The lowest BCUT2D eigenvalue weighted by Gasteiger charge is -2.41. The molecule has 1 aliphatic heterocycles. The fourth-order valence-corrected chi connectivity index (χ4v) is 8.98. The maximum atomic E-state index is 5.58. The molecule has 1 aromatic rings. The van der Waals surface area contributed by atoms with Crippen LogP contribution in [0.4, 0.5) is 0 Å². The quantitative estimate of drug-likeness (QED) is 0.120. The maximum Gasteiger partial charge on any atom is 0.0920 e. The SMILES string of the molecule is C=C(C)CCC(NC(=C)NC(C(=C)N1CC2C(C1C(=C)CC)C2(C)C)C1Cc2ccccc2C1)C(C)(C)C.C=C(N)C(=C)C(C)CC1CCC1. The van der Waals surface area contributed by atoms with Crippen molar-refractivity contribution in [3.63, 3.8) is 0 Å². The minimum Gasteiger partial charge on any atom is -0.399 e. The van der Waals surface area contributed by atoms with Crippen molar-refractivity contribution >= 4 is 0 Å². The van der Waals surface area contributed by atoms with E-state index in [4.69, 9.17) is 12.3 Å². The Morgan fingerprint density at radius 1 is 1.00 bits per heavy atom. The van der Waals surface area contributed by atoms with Gasteiger partial charge >= 0.3 is 0 Å². The van der Waals surface area contributed by atoms with Crippen LogP contribution in [-0.2, 0) is 12.8 Å². The third-order valence-electron chi connectivity index (χ3n) is 12.9. The summed E-state index contributed by atoms with van der Waals surface area (Å²) in [6.45, 7) is 45.0. The van der Waals surface area contributed by atoms with E-state index >= 15 is 0 Å². The Labute approximate surface area is 307 Å². The second kappa shape index (κ2) is 16.0. The van der Waals surface area contributed by atoms with E-state index in [1.54, 1.807) is 0 Å². The average Bonchev–Trinajstić information content (AvgIpc) is 3.39. The van der Waals surface area contributed by atoms with E-state index in [0.717, 1.165) is 61.9 Å². The van der Waals surface area contributed by atoms with Crippen LogP contribution in [0.5, 0.6) is 0 Å². The van der Waals surface area contributed by atoms with Crippen LogP contribution in [-0.4, -0.2) is 29.6 Å². The van der Waals surface area contributed by atoms with Crippen LogP contribution < -0.4 is 16.4 Å². The van der Waals surface area contributed by atoms with Crippen molar-refractivity contribution in [2.24, 2.45) is 46.2 Å². The normalized spacial score (nSPS) is 23.9. The molecule has 1 saturated heterocycles. The van der Waals surface area contributed by atoms with Crippen molar-refractivity contribution in [1.82, 2.24) is 15.5 Å². The van der Waals surface area contributed by atoms with E-state index in [0.29, 0.717) is 40.9 Å². The number of hydrogen-bond donors (Lipinski definition) is 3. The summed E-state index contributed by atoms with van der Waals surface area (Å²) < 4.78 is 0. The highest BCUT2D eigenvalue weighted by Crippen LogP contribution is 2.66. The molecule has 4 heteroatoms. The number of likely N-dealkylation sites (tertiary alicyclic amines) is 1. The molecule has 6 unspecified atom stereocenters. The molecule has 4 nitrogen and oxygen atoms in total. The summed E-state index contributed by atoms with van der Waals surface area (Å²) in [6, 6.07) is 9.76. The maximum absolute atomic E-state index is 5.58. The molecule has 50 heavy (non-hydrogen) atoms. The first-order valence-corrected chi connectivity index (χ1v) is 19.6. The highest BCUT2D eigenvalue weighted by molar-refractivity contribution is 5.36. The first-order valence-electron chi connectivity index (χ1n) is 19.6. The third kappa shape index (κ3) is 9.20. The van der Waals surface area contributed by atoms with Crippen molar-refractivity contribution in [3.8, 4) is 0 Å². The zero-order valence-corrected chi connectivity index (χ0v) is 33.3. The van der Waals surface area contributed by atoms with Gasteiger partial charge in [-0.15, -0.1) is 6.58 Å². The van der Waals surface area contributed by atoms with Gasteiger partial charge in [0.1, 0.15) is 0 Å². The van der Waals surface area contributed by atoms with E-state index in [1.165, 1.54) is 53.7 Å². The zero-order valence-electron chi connectivity index (χ0n) is 33.3. The number of hydrogen-bond acceptors (Lipinski definition) is 4. The largest absolute Gasteiger partial charge is 0.399 e. The number of piperidine rings is 1. The Balaban J connectivity index is 0.000000396. The van der Waals surface area contributed by atoms with Crippen molar-refractivity contribution in [2.45, 2.75) is 131 Å². The van der Waals surface area contributed by atoms with Crippen molar-refractivity contribution in [3.05, 3.63) is 109 Å². The molecule has 276 valence electrons. The highest BCUT2D eigenvalue weighted by Gasteiger charge is 2.67. The Morgan fingerprint density at radius 3 is 2.08 bits per heavy atom. The number of nitrogens with two attached hydrogens (primary N) is 1. The van der Waals surface area contributed by atoms with Crippen LogP contribution in [0.25, 0.3) is 0 Å². The van der Waals surface area contributed by atoms with Crippen LogP contribution in [0.15, 0.2) is 97.7 Å². The van der Waals surface area contributed by atoms with Gasteiger partial charge < -0.3 is 21.3 Å². The lowest BCUT2D eigenvalue weighted by Crippen LogP contribution is -2.50. The molecule has 3 fully saturated rings. The Kier molecular flexibility index (Phi) is 12.7. The van der Waals surface area contributed by atoms with Gasteiger partial charge in [0.05, 0.1) is 17.9 Å². The minimum atomic E-state index is 0.113. The molecule has 1 heterocycles. The molecular weight excluding hydrogens is 609 g/mol. The zero-order chi connectivity index (χ0) is 37.1. The standard InChI is InChI=1S/C35H53N3.C11H19N/c1-12-23(4)33-31-29(35(31,10)11)21-38(33)24(5)32(28-19-26-15-13-14-16-27(26)20-28)37-25(6)36-30(34(7,8)9)18-17-22(2)3;1-8(9(2)10(3)12)7-11-5-4-6-11/h13-16,28-33,36-37H,2,4-6,12,17-21H2,1,3,7-11H3;8,11H,2-7,12H2,1H3. The van der Waals surface area contributed by atoms with E-state index in [-0.39, 0.29) is 11.5 Å². The van der Waals surface area contributed by atoms with Gasteiger partial charge in [0.25, 0.3) is 0 Å². The number of nitrogens with zero attached hydrogens (tertiary/aromatic N) is 1. The highest BCUT2D eigenvalue weighted by atomic mass is 15.3. The van der Waals surface area contributed by atoms with Crippen LogP contribution in [0, 0.1) is 40.4 Å². The topological polar surface area (TPSA) is 53.3 Å². The van der Waals surface area contributed by atoms with Crippen LogP contribution in [0.2, 0.25) is 0 Å². The molecule has 2 saturated carbocycles. The molecule has 4 aliphatic rings. The fourth-order valence-electron chi connectivity index (χ4n) is 8.98. The lowest BCUT2D eigenvalue weighted by molar-refractivity contribution is 0.217. The summed E-state index contributed by atoms with van der Waals surface area (Å²) in [6.07, 6.45) is 10.7. The Bertz CT molecular complexity index is 1410. The number of benzene rings is 1. The summed E-state index contributed by atoms with van der Waals surface area (Å²) in [4.78, 5) is 2.61. The van der Waals surface area contributed by atoms with Crippen molar-refractivity contribution < 1.29 is 0 Å². The molecule has 0 radical (unpaired) electrons. The summed E-state index contributed by atoms with van der Waals surface area (Å²) >= 11 is 0. The van der Waals surface area contributed by atoms with Gasteiger partial charge in [0, 0.05) is 24.0 Å². The lowest BCUT2D eigenvalue weighted by atomic mass is 9.77. The smallest absolute Gasteiger partial charge is 0.0920 e. The average molecular weight is 681 g/mol. The summed E-state index contributed by atoms with van der Waals surface area (Å²) in [7, 11) is 0. The van der Waals surface area contributed by atoms with Crippen LogP contribution in [0.3, 0.4) is 0 Å². The van der Waals surface area contributed by atoms with E-state index in [9.17, 15) is 0 Å². The molecule has 5 rings (SSSR count). The molecule has 6 atom stereocenters. The monoisotopic (exact) mass is 681 g/mol. The Hall–Kier alpha value is -3.14. The number of nitrogens with one attached hydrogen (secondary N) is 2. The predicted octanol–water partition coefficient (Wildman–Crippen LogP) is 10.5. The third-order valence-corrected chi connectivity index (χ3v) is 12.9. The molecule has 0 aromatic heterocycles. The summed E-state index contributed by atoms with van der Waals surface area (Å²) in [5.74, 6) is 4.21. The fraction of sp³-hybridized carbons (Fsp3) is 0.609. The molecular formula is C46H72N4. The summed E-state index contributed by atoms with van der Waals surface area (Å²) in [5.41, 5.74) is 14.5. The van der Waals surface area contributed by atoms with E-state index < -0.39 is 0 Å². The molecule has 0 bridgehead atoms.